The molecule has 0 fully saturated rings. The van der Waals surface area contributed by atoms with E-state index in [0.29, 0.717) is 11.6 Å². The van der Waals surface area contributed by atoms with E-state index in [1.54, 1.807) is 24.3 Å². The number of benzene rings is 2. The largest absolute Gasteiger partial charge is 0.423 e. The normalized spacial score (nSPS) is 12.8. The van der Waals surface area contributed by atoms with Crippen molar-refractivity contribution in [2.24, 2.45) is 0 Å². The highest BCUT2D eigenvalue weighted by atomic mass is 79.9. The summed E-state index contributed by atoms with van der Waals surface area (Å²) < 4.78 is 41.1. The summed E-state index contributed by atoms with van der Waals surface area (Å²) in [5.41, 5.74) is -1.89. The first-order chi connectivity index (χ1) is 12.7. The highest BCUT2D eigenvalue weighted by molar-refractivity contribution is 9.10. The maximum Gasteiger partial charge on any atom is 0.423 e. The Bertz CT molecular complexity index is 989. The van der Waals surface area contributed by atoms with E-state index >= 15 is 0 Å². The van der Waals surface area contributed by atoms with E-state index in [0.717, 1.165) is 21.3 Å². The number of nitro groups is 1. The lowest BCUT2D eigenvalue weighted by Crippen LogP contribution is -2.10. The van der Waals surface area contributed by atoms with Crippen molar-refractivity contribution in [2.45, 2.75) is 12.3 Å². The van der Waals surface area contributed by atoms with Crippen LogP contribution in [0.15, 0.2) is 53.1 Å². The SMILES string of the molecule is O=[N+]([O-])c1ccc(-n2cc(C(O)c3ccc(Br)cc3)nn2)cc1C(F)(F)F. The fraction of sp³-hybridized carbons (Fsp3) is 0.125. The molecule has 27 heavy (non-hydrogen) atoms. The van der Waals surface area contributed by atoms with Crippen LogP contribution in [-0.2, 0) is 6.18 Å². The Morgan fingerprint density at radius 3 is 2.44 bits per heavy atom. The minimum absolute atomic E-state index is 0.0744. The summed E-state index contributed by atoms with van der Waals surface area (Å²) in [7, 11) is 0. The number of halogens is 4. The zero-order chi connectivity index (χ0) is 19.8. The summed E-state index contributed by atoms with van der Waals surface area (Å²) in [4.78, 5) is 9.72. The molecule has 1 heterocycles. The smallest absolute Gasteiger partial charge is 0.382 e. The Morgan fingerprint density at radius 1 is 1.19 bits per heavy atom. The lowest BCUT2D eigenvalue weighted by molar-refractivity contribution is -0.388. The number of aromatic nitrogens is 3. The van der Waals surface area contributed by atoms with Gasteiger partial charge in [-0.1, -0.05) is 33.3 Å². The van der Waals surface area contributed by atoms with Crippen LogP contribution in [0.4, 0.5) is 18.9 Å². The van der Waals surface area contributed by atoms with Crippen LogP contribution in [0, 0.1) is 10.1 Å². The van der Waals surface area contributed by atoms with Crippen molar-refractivity contribution in [1.82, 2.24) is 15.0 Å². The third kappa shape index (κ3) is 3.98. The summed E-state index contributed by atoms with van der Waals surface area (Å²) in [5.74, 6) is 0. The number of hydrogen-bond donors (Lipinski definition) is 1. The first-order valence-electron chi connectivity index (χ1n) is 7.38. The van der Waals surface area contributed by atoms with Crippen LogP contribution in [0.25, 0.3) is 5.69 Å². The Balaban J connectivity index is 1.96. The fourth-order valence-corrected chi connectivity index (χ4v) is 2.66. The lowest BCUT2D eigenvalue weighted by Gasteiger charge is -2.09. The number of nitrogens with zero attached hydrogens (tertiary/aromatic N) is 4. The third-order valence-corrected chi connectivity index (χ3v) is 4.25. The second-order valence-corrected chi connectivity index (χ2v) is 6.41. The summed E-state index contributed by atoms with van der Waals surface area (Å²) in [6, 6.07) is 9.23. The van der Waals surface area contributed by atoms with Crippen LogP contribution in [0.2, 0.25) is 0 Å². The molecule has 0 saturated heterocycles. The molecule has 3 rings (SSSR count). The number of hydrogen-bond acceptors (Lipinski definition) is 5. The molecule has 2 aromatic carbocycles. The van der Waals surface area contributed by atoms with Gasteiger partial charge >= 0.3 is 6.18 Å². The van der Waals surface area contributed by atoms with Gasteiger partial charge in [-0.15, -0.1) is 5.10 Å². The van der Waals surface area contributed by atoms with E-state index in [1.807, 2.05) is 0 Å². The molecule has 1 N–H and O–H groups in total. The van der Waals surface area contributed by atoms with Crippen molar-refractivity contribution in [3.05, 3.63) is 80.1 Å². The van der Waals surface area contributed by atoms with Gasteiger partial charge in [-0.25, -0.2) is 4.68 Å². The molecule has 0 spiro atoms. The first kappa shape index (κ1) is 19.0. The molecule has 1 atom stereocenters. The standard InChI is InChI=1S/C16H10BrF3N4O3/c17-10-3-1-9(2-4-10)15(25)13-8-23(22-21-13)11-5-6-14(24(26)27)12(7-11)16(18,19)20/h1-8,15,25H. The molecule has 1 aromatic heterocycles. The van der Waals surface area contributed by atoms with Crippen LogP contribution >= 0.6 is 15.9 Å². The molecule has 0 bridgehead atoms. The second-order valence-electron chi connectivity index (χ2n) is 5.50. The van der Waals surface area contributed by atoms with Gasteiger partial charge in [-0.05, 0) is 29.8 Å². The zero-order valence-corrected chi connectivity index (χ0v) is 14.8. The van der Waals surface area contributed by atoms with E-state index in [1.165, 1.54) is 6.20 Å². The van der Waals surface area contributed by atoms with Crippen LogP contribution in [0.3, 0.4) is 0 Å². The maximum atomic E-state index is 13.1. The Hall–Kier alpha value is -2.79. The van der Waals surface area contributed by atoms with E-state index < -0.39 is 28.5 Å². The average molecular weight is 443 g/mol. The monoisotopic (exact) mass is 442 g/mol. The predicted molar refractivity (Wildman–Crippen MR) is 91.2 cm³/mol. The lowest BCUT2D eigenvalue weighted by atomic mass is 10.1. The van der Waals surface area contributed by atoms with Gasteiger partial charge in [-0.2, -0.15) is 13.2 Å². The molecule has 0 amide bonds. The van der Waals surface area contributed by atoms with Crippen molar-refractivity contribution < 1.29 is 23.2 Å². The van der Waals surface area contributed by atoms with Gasteiger partial charge in [-0.3, -0.25) is 10.1 Å². The molecular formula is C16H10BrF3N4O3. The van der Waals surface area contributed by atoms with Crippen LogP contribution in [-0.4, -0.2) is 25.0 Å². The minimum Gasteiger partial charge on any atom is -0.382 e. The summed E-state index contributed by atoms with van der Waals surface area (Å²) in [6.45, 7) is 0. The molecule has 3 aromatic rings. The minimum atomic E-state index is -4.90. The van der Waals surface area contributed by atoms with Gasteiger partial charge in [0.25, 0.3) is 5.69 Å². The number of aliphatic hydroxyl groups excluding tert-OH is 1. The maximum absolute atomic E-state index is 13.1. The average Bonchev–Trinajstić information content (AvgIpc) is 3.10. The molecule has 1 unspecified atom stereocenters. The molecule has 0 aliphatic rings. The van der Waals surface area contributed by atoms with Crippen molar-refractivity contribution in [3.8, 4) is 5.69 Å². The summed E-state index contributed by atoms with van der Waals surface area (Å²) >= 11 is 3.27. The van der Waals surface area contributed by atoms with E-state index in [-0.39, 0.29) is 11.4 Å². The Kier molecular flexibility index (Phi) is 4.98. The quantitative estimate of drug-likeness (QED) is 0.486. The predicted octanol–water partition coefficient (Wildman–Crippen LogP) is 4.04. The molecule has 0 radical (unpaired) electrons. The van der Waals surface area contributed by atoms with Gasteiger partial charge in [0, 0.05) is 10.5 Å². The number of alkyl halides is 3. The number of nitro benzene ring substituents is 1. The van der Waals surface area contributed by atoms with Gasteiger partial charge in [0.2, 0.25) is 0 Å². The topological polar surface area (TPSA) is 94.1 Å². The van der Waals surface area contributed by atoms with E-state index in [4.69, 9.17) is 0 Å². The van der Waals surface area contributed by atoms with Crippen LogP contribution in [0.1, 0.15) is 22.9 Å². The third-order valence-electron chi connectivity index (χ3n) is 3.72. The molecular weight excluding hydrogens is 433 g/mol. The van der Waals surface area contributed by atoms with E-state index in [2.05, 4.69) is 26.2 Å². The first-order valence-corrected chi connectivity index (χ1v) is 8.18. The molecule has 140 valence electrons. The highest BCUT2D eigenvalue weighted by Crippen LogP contribution is 2.37. The molecule has 7 nitrogen and oxygen atoms in total. The van der Waals surface area contributed by atoms with Gasteiger partial charge < -0.3 is 5.11 Å². The van der Waals surface area contributed by atoms with Crippen molar-refractivity contribution in [3.63, 3.8) is 0 Å². The summed E-state index contributed by atoms with van der Waals surface area (Å²) in [6.07, 6.45) is -4.78. The Labute approximate surface area is 158 Å². The van der Waals surface area contributed by atoms with Gasteiger partial charge in [0.1, 0.15) is 17.4 Å². The van der Waals surface area contributed by atoms with Crippen LogP contribution < -0.4 is 0 Å². The van der Waals surface area contributed by atoms with Crippen molar-refractivity contribution >= 4 is 21.6 Å². The fourth-order valence-electron chi connectivity index (χ4n) is 2.40. The summed E-state index contributed by atoms with van der Waals surface area (Å²) in [5, 5.41) is 28.7. The Morgan fingerprint density at radius 2 is 1.85 bits per heavy atom. The number of aliphatic hydroxyl groups is 1. The van der Waals surface area contributed by atoms with Gasteiger partial charge in [0.05, 0.1) is 16.8 Å². The second kappa shape index (κ2) is 7.08. The van der Waals surface area contributed by atoms with Crippen LogP contribution in [0.5, 0.6) is 0 Å². The molecule has 0 aliphatic heterocycles. The van der Waals surface area contributed by atoms with Crippen molar-refractivity contribution in [2.75, 3.05) is 0 Å². The molecule has 11 heteroatoms. The van der Waals surface area contributed by atoms with Crippen molar-refractivity contribution in [1.29, 1.82) is 0 Å². The molecule has 0 aliphatic carbocycles. The zero-order valence-electron chi connectivity index (χ0n) is 13.3. The highest BCUT2D eigenvalue weighted by Gasteiger charge is 2.38. The molecule has 0 saturated carbocycles. The van der Waals surface area contributed by atoms with E-state index in [9.17, 15) is 28.4 Å². The van der Waals surface area contributed by atoms with Gasteiger partial charge in [0.15, 0.2) is 0 Å². The number of rotatable bonds is 4.